The van der Waals surface area contributed by atoms with Crippen LogP contribution >= 0.6 is 11.8 Å². The molecule has 0 amide bonds. The van der Waals surface area contributed by atoms with Gasteiger partial charge in [-0.05, 0) is 43.2 Å². The second-order valence-electron chi connectivity index (χ2n) is 4.81. The predicted molar refractivity (Wildman–Crippen MR) is 76.3 cm³/mol. The highest BCUT2D eigenvalue weighted by Gasteiger charge is 2.14. The van der Waals surface area contributed by atoms with Crippen LogP contribution in [0.25, 0.3) is 5.65 Å². The van der Waals surface area contributed by atoms with E-state index in [1.165, 1.54) is 30.6 Å². The maximum atomic E-state index is 4.49. The molecule has 0 aliphatic carbocycles. The van der Waals surface area contributed by atoms with E-state index in [1.54, 1.807) is 0 Å². The summed E-state index contributed by atoms with van der Waals surface area (Å²) in [6.45, 7) is 3.04. The molecule has 0 radical (unpaired) electrons. The summed E-state index contributed by atoms with van der Waals surface area (Å²) in [6, 6.07) is 4.09. The van der Waals surface area contributed by atoms with Crippen LogP contribution in [-0.4, -0.2) is 32.1 Å². The summed E-state index contributed by atoms with van der Waals surface area (Å²) in [4.78, 5) is 4.49. The first-order valence-electron chi connectivity index (χ1n) is 6.50. The third kappa shape index (κ3) is 2.61. The summed E-state index contributed by atoms with van der Waals surface area (Å²) < 4.78 is 1.82. The van der Waals surface area contributed by atoms with Gasteiger partial charge in [0.25, 0.3) is 0 Å². The maximum Gasteiger partial charge on any atom is 0.243 e. The fourth-order valence-corrected chi connectivity index (χ4v) is 3.47. The van der Waals surface area contributed by atoms with Gasteiger partial charge < -0.3 is 5.32 Å². The number of pyridine rings is 1. The van der Waals surface area contributed by atoms with Gasteiger partial charge in [-0.3, -0.25) is 0 Å². The van der Waals surface area contributed by atoms with Gasteiger partial charge in [-0.2, -0.15) is 16.7 Å². The summed E-state index contributed by atoms with van der Waals surface area (Å²) in [6.07, 6.45) is 5.99. The minimum absolute atomic E-state index is 0.715. The first kappa shape index (κ1) is 11.8. The molecule has 0 saturated carbocycles. The van der Waals surface area contributed by atoms with Crippen LogP contribution in [-0.2, 0) is 0 Å². The predicted octanol–water partition coefficient (Wildman–Crippen LogP) is 2.74. The van der Waals surface area contributed by atoms with E-state index in [2.05, 4.69) is 34.1 Å². The normalized spacial score (nSPS) is 20.2. The summed E-state index contributed by atoms with van der Waals surface area (Å²) in [5, 5.41) is 8.50. The highest BCUT2D eigenvalue weighted by molar-refractivity contribution is 7.99. The van der Waals surface area contributed by atoms with Gasteiger partial charge in [0.15, 0.2) is 5.65 Å². The Bertz CT molecular complexity index is 531. The zero-order valence-corrected chi connectivity index (χ0v) is 11.4. The largest absolute Gasteiger partial charge is 0.352 e. The molecular formula is C13H18N4S. The Morgan fingerprint density at radius 2 is 2.44 bits per heavy atom. The average Bonchev–Trinajstić information content (AvgIpc) is 2.79. The van der Waals surface area contributed by atoms with Crippen LogP contribution in [0.4, 0.5) is 5.95 Å². The standard InChI is InChI=1S/C13H18N4S/c1-10-5-6-17-12(8-10)15-13(16-17)14-9-11-4-2-3-7-18-11/h5-6,8,11H,2-4,7,9H2,1H3,(H,14,16). The lowest BCUT2D eigenvalue weighted by Crippen LogP contribution is -2.20. The average molecular weight is 262 g/mol. The molecule has 1 fully saturated rings. The van der Waals surface area contributed by atoms with Crippen LogP contribution in [0.5, 0.6) is 0 Å². The second kappa shape index (κ2) is 5.18. The zero-order chi connectivity index (χ0) is 12.4. The van der Waals surface area contributed by atoms with Crippen molar-refractivity contribution in [2.24, 2.45) is 0 Å². The van der Waals surface area contributed by atoms with Crippen LogP contribution < -0.4 is 5.32 Å². The lowest BCUT2D eigenvalue weighted by atomic mass is 10.2. The molecule has 1 N–H and O–H groups in total. The molecule has 18 heavy (non-hydrogen) atoms. The van der Waals surface area contributed by atoms with Crippen LogP contribution in [0, 0.1) is 6.92 Å². The van der Waals surface area contributed by atoms with E-state index in [0.29, 0.717) is 5.25 Å². The Kier molecular flexibility index (Phi) is 3.41. The van der Waals surface area contributed by atoms with Crippen molar-refractivity contribution in [1.29, 1.82) is 0 Å². The summed E-state index contributed by atoms with van der Waals surface area (Å²) in [5.41, 5.74) is 2.12. The molecular weight excluding hydrogens is 244 g/mol. The fourth-order valence-electron chi connectivity index (χ4n) is 2.23. The van der Waals surface area contributed by atoms with E-state index >= 15 is 0 Å². The number of anilines is 1. The van der Waals surface area contributed by atoms with E-state index in [0.717, 1.165) is 18.1 Å². The van der Waals surface area contributed by atoms with Crippen molar-refractivity contribution in [1.82, 2.24) is 14.6 Å². The van der Waals surface area contributed by atoms with Crippen molar-refractivity contribution in [2.45, 2.75) is 31.4 Å². The lowest BCUT2D eigenvalue weighted by Gasteiger charge is -2.20. The van der Waals surface area contributed by atoms with Gasteiger partial charge in [0, 0.05) is 18.0 Å². The molecule has 5 heteroatoms. The molecule has 3 heterocycles. The lowest BCUT2D eigenvalue weighted by molar-refractivity contribution is 0.676. The molecule has 0 bridgehead atoms. The van der Waals surface area contributed by atoms with Crippen LogP contribution in [0.15, 0.2) is 18.3 Å². The Balaban J connectivity index is 1.67. The number of rotatable bonds is 3. The molecule has 3 rings (SSSR count). The van der Waals surface area contributed by atoms with Crippen molar-refractivity contribution in [3.8, 4) is 0 Å². The van der Waals surface area contributed by atoms with E-state index in [-0.39, 0.29) is 0 Å². The van der Waals surface area contributed by atoms with Crippen molar-refractivity contribution < 1.29 is 0 Å². The molecule has 1 aliphatic heterocycles. The molecule has 2 aromatic rings. The Morgan fingerprint density at radius 3 is 3.28 bits per heavy atom. The number of hydrogen-bond donors (Lipinski definition) is 1. The van der Waals surface area contributed by atoms with E-state index in [9.17, 15) is 0 Å². The Hall–Kier alpha value is -1.23. The fraction of sp³-hybridized carbons (Fsp3) is 0.538. The molecule has 1 saturated heterocycles. The zero-order valence-electron chi connectivity index (χ0n) is 10.6. The van der Waals surface area contributed by atoms with Gasteiger partial charge in [-0.15, -0.1) is 5.10 Å². The maximum absolute atomic E-state index is 4.49. The minimum Gasteiger partial charge on any atom is -0.352 e. The third-order valence-electron chi connectivity index (χ3n) is 3.25. The van der Waals surface area contributed by atoms with E-state index in [1.807, 2.05) is 22.8 Å². The highest BCUT2D eigenvalue weighted by Crippen LogP contribution is 2.24. The number of hydrogen-bond acceptors (Lipinski definition) is 4. The summed E-state index contributed by atoms with van der Waals surface area (Å²) in [5.74, 6) is 2.04. The minimum atomic E-state index is 0.715. The number of fused-ring (bicyclic) bond motifs is 1. The van der Waals surface area contributed by atoms with Gasteiger partial charge in [0.05, 0.1) is 0 Å². The van der Waals surface area contributed by atoms with Crippen molar-refractivity contribution in [3.05, 3.63) is 23.9 Å². The number of aryl methyl sites for hydroxylation is 1. The molecule has 1 aliphatic rings. The van der Waals surface area contributed by atoms with Crippen LogP contribution in [0.1, 0.15) is 24.8 Å². The molecule has 1 unspecified atom stereocenters. The summed E-state index contributed by atoms with van der Waals surface area (Å²) >= 11 is 2.07. The Morgan fingerprint density at radius 1 is 1.50 bits per heavy atom. The SMILES string of the molecule is Cc1ccn2nc(NCC3CCCCS3)nc2c1. The molecule has 0 aromatic carbocycles. The highest BCUT2D eigenvalue weighted by atomic mass is 32.2. The molecule has 2 aromatic heterocycles. The summed E-state index contributed by atoms with van der Waals surface area (Å²) in [7, 11) is 0. The van der Waals surface area contributed by atoms with Crippen LogP contribution in [0.2, 0.25) is 0 Å². The van der Waals surface area contributed by atoms with Crippen molar-refractivity contribution in [3.63, 3.8) is 0 Å². The van der Waals surface area contributed by atoms with Gasteiger partial charge in [0.2, 0.25) is 5.95 Å². The first-order valence-corrected chi connectivity index (χ1v) is 7.55. The van der Waals surface area contributed by atoms with E-state index in [4.69, 9.17) is 0 Å². The number of nitrogens with zero attached hydrogens (tertiary/aromatic N) is 3. The molecule has 1 atom stereocenters. The number of thioether (sulfide) groups is 1. The third-order valence-corrected chi connectivity index (χ3v) is 4.65. The molecule has 4 nitrogen and oxygen atoms in total. The second-order valence-corrected chi connectivity index (χ2v) is 6.22. The van der Waals surface area contributed by atoms with Crippen molar-refractivity contribution in [2.75, 3.05) is 17.6 Å². The monoisotopic (exact) mass is 262 g/mol. The smallest absolute Gasteiger partial charge is 0.243 e. The number of aromatic nitrogens is 3. The quantitative estimate of drug-likeness (QED) is 0.923. The molecule has 0 spiro atoms. The number of nitrogens with one attached hydrogen (secondary N) is 1. The van der Waals surface area contributed by atoms with Crippen molar-refractivity contribution >= 4 is 23.4 Å². The van der Waals surface area contributed by atoms with Crippen LogP contribution in [0.3, 0.4) is 0 Å². The van der Waals surface area contributed by atoms with Gasteiger partial charge >= 0.3 is 0 Å². The first-order chi connectivity index (χ1) is 8.81. The van der Waals surface area contributed by atoms with Gasteiger partial charge in [-0.25, -0.2) is 4.52 Å². The van der Waals surface area contributed by atoms with E-state index < -0.39 is 0 Å². The molecule has 96 valence electrons. The van der Waals surface area contributed by atoms with Gasteiger partial charge in [0.1, 0.15) is 0 Å². The topological polar surface area (TPSA) is 42.2 Å². The van der Waals surface area contributed by atoms with Gasteiger partial charge in [-0.1, -0.05) is 6.42 Å². The Labute approximate surface area is 111 Å².